The highest BCUT2D eigenvalue weighted by atomic mass is 16.5. The van der Waals surface area contributed by atoms with Crippen molar-refractivity contribution in [1.82, 2.24) is 10.2 Å². The quantitative estimate of drug-likeness (QED) is 0.697. The first-order valence-electron chi connectivity index (χ1n) is 6.40. The summed E-state index contributed by atoms with van der Waals surface area (Å²) in [5.41, 5.74) is 0. The highest BCUT2D eigenvalue weighted by molar-refractivity contribution is 4.95. The smallest absolute Gasteiger partial charge is 0.0891 e. The van der Waals surface area contributed by atoms with Crippen molar-refractivity contribution in [2.45, 2.75) is 45.4 Å². The van der Waals surface area contributed by atoms with Gasteiger partial charge in [0, 0.05) is 19.1 Å². The first-order chi connectivity index (χ1) is 7.69. The van der Waals surface area contributed by atoms with Crippen LogP contribution >= 0.6 is 0 Å². The first kappa shape index (κ1) is 13.7. The van der Waals surface area contributed by atoms with Crippen LogP contribution in [0, 0.1) is 0 Å². The molecule has 0 aliphatic carbocycles. The summed E-state index contributed by atoms with van der Waals surface area (Å²) in [6.07, 6.45) is 3.37. The standard InChI is InChI=1S/C13H26N2O/c1-5-7-14-12(6-2)13-10-15(11(3)4)8-9-16-13/h6,11-14H,2,5,7-10H2,1,3-4H3. The Morgan fingerprint density at radius 1 is 1.56 bits per heavy atom. The third-order valence-corrected chi connectivity index (χ3v) is 3.14. The molecule has 94 valence electrons. The molecule has 0 aromatic carbocycles. The molecule has 1 rings (SSSR count). The van der Waals surface area contributed by atoms with Crippen molar-refractivity contribution in [2.75, 3.05) is 26.2 Å². The van der Waals surface area contributed by atoms with E-state index in [0.717, 1.165) is 32.7 Å². The van der Waals surface area contributed by atoms with E-state index >= 15 is 0 Å². The molecule has 1 aliphatic heterocycles. The summed E-state index contributed by atoms with van der Waals surface area (Å²) >= 11 is 0. The van der Waals surface area contributed by atoms with E-state index in [9.17, 15) is 0 Å². The van der Waals surface area contributed by atoms with Gasteiger partial charge in [0.1, 0.15) is 0 Å². The zero-order chi connectivity index (χ0) is 12.0. The lowest BCUT2D eigenvalue weighted by Crippen LogP contribution is -2.53. The molecule has 0 amide bonds. The largest absolute Gasteiger partial charge is 0.374 e. The topological polar surface area (TPSA) is 24.5 Å². The molecule has 0 aromatic rings. The zero-order valence-corrected chi connectivity index (χ0v) is 10.9. The molecular formula is C13H26N2O. The summed E-state index contributed by atoms with van der Waals surface area (Å²) < 4.78 is 5.83. The Labute approximate surface area is 99.8 Å². The first-order valence-corrected chi connectivity index (χ1v) is 6.40. The van der Waals surface area contributed by atoms with Crippen LogP contribution in [-0.4, -0.2) is 49.3 Å². The van der Waals surface area contributed by atoms with Crippen LogP contribution in [0.15, 0.2) is 12.7 Å². The van der Waals surface area contributed by atoms with Crippen LogP contribution in [-0.2, 0) is 4.74 Å². The van der Waals surface area contributed by atoms with Crippen molar-refractivity contribution < 1.29 is 4.74 Å². The highest BCUT2D eigenvalue weighted by Crippen LogP contribution is 2.12. The summed E-state index contributed by atoms with van der Waals surface area (Å²) in [6, 6.07) is 0.879. The van der Waals surface area contributed by atoms with Gasteiger partial charge >= 0.3 is 0 Å². The molecule has 1 aliphatic rings. The molecule has 2 atom stereocenters. The molecular weight excluding hydrogens is 200 g/mol. The molecule has 0 aromatic heterocycles. The average molecular weight is 226 g/mol. The normalized spacial score (nSPS) is 24.6. The van der Waals surface area contributed by atoms with E-state index < -0.39 is 0 Å². The van der Waals surface area contributed by atoms with Crippen molar-refractivity contribution in [2.24, 2.45) is 0 Å². The van der Waals surface area contributed by atoms with Gasteiger partial charge in [-0.05, 0) is 26.8 Å². The number of nitrogens with one attached hydrogen (secondary N) is 1. The zero-order valence-electron chi connectivity index (χ0n) is 10.9. The Kier molecular flexibility index (Phi) is 6.03. The maximum atomic E-state index is 5.83. The fourth-order valence-corrected chi connectivity index (χ4v) is 2.06. The Bertz CT molecular complexity index is 206. The van der Waals surface area contributed by atoms with Gasteiger partial charge in [-0.15, -0.1) is 6.58 Å². The maximum absolute atomic E-state index is 5.83. The molecule has 0 bridgehead atoms. The summed E-state index contributed by atoms with van der Waals surface area (Å²) in [7, 11) is 0. The van der Waals surface area contributed by atoms with E-state index in [4.69, 9.17) is 4.74 Å². The maximum Gasteiger partial charge on any atom is 0.0891 e. The van der Waals surface area contributed by atoms with Crippen molar-refractivity contribution in [3.63, 3.8) is 0 Å². The van der Waals surface area contributed by atoms with E-state index in [1.165, 1.54) is 0 Å². The predicted molar refractivity (Wildman–Crippen MR) is 68.7 cm³/mol. The van der Waals surface area contributed by atoms with E-state index in [0.29, 0.717) is 6.04 Å². The minimum absolute atomic E-state index is 0.250. The van der Waals surface area contributed by atoms with Crippen LogP contribution in [0.2, 0.25) is 0 Å². The van der Waals surface area contributed by atoms with Crippen LogP contribution < -0.4 is 5.32 Å². The lowest BCUT2D eigenvalue weighted by atomic mass is 10.1. The summed E-state index contributed by atoms with van der Waals surface area (Å²) in [6.45, 7) is 14.5. The Morgan fingerprint density at radius 3 is 2.88 bits per heavy atom. The molecule has 0 saturated carbocycles. The van der Waals surface area contributed by atoms with Crippen molar-refractivity contribution in [3.8, 4) is 0 Å². The Hall–Kier alpha value is -0.380. The van der Waals surface area contributed by atoms with Gasteiger partial charge in [-0.1, -0.05) is 13.0 Å². The van der Waals surface area contributed by atoms with E-state index in [-0.39, 0.29) is 12.1 Å². The molecule has 0 radical (unpaired) electrons. The second-order valence-corrected chi connectivity index (χ2v) is 4.71. The van der Waals surface area contributed by atoms with Gasteiger partial charge in [-0.2, -0.15) is 0 Å². The van der Waals surface area contributed by atoms with Crippen LogP contribution in [0.1, 0.15) is 27.2 Å². The monoisotopic (exact) mass is 226 g/mol. The Balaban J connectivity index is 2.46. The minimum atomic E-state index is 0.250. The van der Waals surface area contributed by atoms with Crippen LogP contribution in [0.3, 0.4) is 0 Å². The molecule has 1 saturated heterocycles. The lowest BCUT2D eigenvalue weighted by molar-refractivity contribution is -0.0480. The van der Waals surface area contributed by atoms with E-state index in [2.05, 4.69) is 37.6 Å². The number of rotatable bonds is 6. The molecule has 1 heterocycles. The summed E-state index contributed by atoms with van der Waals surface area (Å²) in [5.74, 6) is 0. The molecule has 1 fully saturated rings. The average Bonchev–Trinajstić information content (AvgIpc) is 2.30. The van der Waals surface area contributed by atoms with Crippen molar-refractivity contribution >= 4 is 0 Å². The van der Waals surface area contributed by atoms with Gasteiger partial charge in [0.05, 0.1) is 18.8 Å². The number of nitrogens with zero attached hydrogens (tertiary/aromatic N) is 1. The molecule has 0 spiro atoms. The second kappa shape index (κ2) is 7.05. The minimum Gasteiger partial charge on any atom is -0.374 e. The van der Waals surface area contributed by atoms with Gasteiger partial charge < -0.3 is 10.1 Å². The summed E-state index contributed by atoms with van der Waals surface area (Å²) in [5, 5.41) is 3.48. The number of ether oxygens (including phenoxy) is 1. The van der Waals surface area contributed by atoms with Crippen LogP contribution in [0.25, 0.3) is 0 Å². The summed E-state index contributed by atoms with van der Waals surface area (Å²) in [4.78, 5) is 2.47. The van der Waals surface area contributed by atoms with Crippen LogP contribution in [0.4, 0.5) is 0 Å². The lowest BCUT2D eigenvalue weighted by Gasteiger charge is -2.38. The van der Waals surface area contributed by atoms with E-state index in [1.54, 1.807) is 0 Å². The van der Waals surface area contributed by atoms with Gasteiger partial charge in [0.15, 0.2) is 0 Å². The fraction of sp³-hybridized carbons (Fsp3) is 0.846. The van der Waals surface area contributed by atoms with Gasteiger partial charge in [-0.25, -0.2) is 0 Å². The molecule has 2 unspecified atom stereocenters. The Morgan fingerprint density at radius 2 is 2.31 bits per heavy atom. The van der Waals surface area contributed by atoms with E-state index in [1.807, 2.05) is 6.08 Å². The number of hydrogen-bond donors (Lipinski definition) is 1. The number of morpholine rings is 1. The molecule has 3 nitrogen and oxygen atoms in total. The third-order valence-electron chi connectivity index (χ3n) is 3.14. The third kappa shape index (κ3) is 3.89. The molecule has 16 heavy (non-hydrogen) atoms. The molecule has 3 heteroatoms. The van der Waals surface area contributed by atoms with Gasteiger partial charge in [0.25, 0.3) is 0 Å². The second-order valence-electron chi connectivity index (χ2n) is 4.71. The fourth-order valence-electron chi connectivity index (χ4n) is 2.06. The SMILES string of the molecule is C=CC(NCCC)C1CN(C(C)C)CCO1. The predicted octanol–water partition coefficient (Wildman–Crippen LogP) is 1.65. The molecule has 1 N–H and O–H groups in total. The number of hydrogen-bond acceptors (Lipinski definition) is 3. The van der Waals surface area contributed by atoms with Gasteiger partial charge in [-0.3, -0.25) is 4.90 Å². The highest BCUT2D eigenvalue weighted by Gasteiger charge is 2.26. The van der Waals surface area contributed by atoms with Crippen LogP contribution in [0.5, 0.6) is 0 Å². The van der Waals surface area contributed by atoms with Crippen molar-refractivity contribution in [3.05, 3.63) is 12.7 Å². The van der Waals surface area contributed by atoms with Crippen molar-refractivity contribution in [1.29, 1.82) is 0 Å². The van der Waals surface area contributed by atoms with Gasteiger partial charge in [0.2, 0.25) is 0 Å².